The fraction of sp³-hybridized carbons (Fsp3) is 0.467. The van der Waals surface area contributed by atoms with E-state index in [-0.39, 0.29) is 24.8 Å². The molecule has 0 aliphatic heterocycles. The average molecular weight is 377 g/mol. The van der Waals surface area contributed by atoms with Gasteiger partial charge in [-0.2, -0.15) is 0 Å². The number of nitrogens with zero attached hydrogens (tertiary/aromatic N) is 1. The predicted octanol–water partition coefficient (Wildman–Crippen LogP) is -2.53. The van der Waals surface area contributed by atoms with Gasteiger partial charge in [-0.25, -0.2) is 0 Å². The second-order valence-corrected chi connectivity index (χ2v) is 8.55. The maximum atomic E-state index is 2.38. The molecule has 0 saturated carbocycles. The minimum Gasteiger partial charge on any atom is -1.00 e. The molecule has 0 heterocycles. The van der Waals surface area contributed by atoms with Crippen molar-refractivity contribution in [2.75, 3.05) is 14.1 Å². The van der Waals surface area contributed by atoms with Crippen LogP contribution in [-0.2, 0) is 23.2 Å². The Hall–Kier alpha value is 0.383. The van der Waals surface area contributed by atoms with Crippen LogP contribution in [-0.4, -0.2) is 25.0 Å². The molecule has 1 atom stereocenters. The van der Waals surface area contributed by atoms with Crippen molar-refractivity contribution >= 4 is 0 Å². The number of rotatable bonds is 5. The van der Waals surface area contributed by atoms with Crippen molar-refractivity contribution in [1.29, 1.82) is 0 Å². The summed E-state index contributed by atoms with van der Waals surface area (Å²) < 4.78 is 3.53. The molecule has 104 valence electrons. The Morgan fingerprint density at radius 3 is 2.47 bits per heavy atom. The molecule has 0 amide bonds. The summed E-state index contributed by atoms with van der Waals surface area (Å²) in [6.07, 6.45) is 15.3. The molecule has 1 unspecified atom stereocenters. The standard InChI is InChI=1S/C10H16N.C5H5.2ClH.Zr/c1-4-10(11(2)3)9-7-5-6-8-9;1-2-4-5-3-1;;;/h5,7,10H,4,6H2,1-3H3;1-3H,4H2;2*1H;/q;;;;+2/p-2. The molecule has 1 nitrogen and oxygen atoms in total. The van der Waals surface area contributed by atoms with E-state index in [2.05, 4.69) is 56.3 Å². The molecular weight excluding hydrogens is 356 g/mol. The molecule has 0 aromatic heterocycles. The van der Waals surface area contributed by atoms with Crippen molar-refractivity contribution in [2.45, 2.75) is 32.2 Å². The van der Waals surface area contributed by atoms with Crippen molar-refractivity contribution in [3.05, 3.63) is 42.5 Å². The van der Waals surface area contributed by atoms with Crippen molar-refractivity contribution in [3.63, 3.8) is 0 Å². The van der Waals surface area contributed by atoms with Gasteiger partial charge in [0, 0.05) is 0 Å². The van der Waals surface area contributed by atoms with Crippen LogP contribution in [0.3, 0.4) is 0 Å². The molecule has 2 rings (SSSR count). The first-order valence-corrected chi connectivity index (χ1v) is 8.87. The number of likely N-dealkylation sites (N-methyl/N-ethyl adjacent to an activating group) is 1. The zero-order valence-corrected chi connectivity index (χ0v) is 15.8. The molecule has 0 saturated heterocycles. The number of allylic oxidation sites excluding steroid dienone is 6. The van der Waals surface area contributed by atoms with Crippen molar-refractivity contribution in [3.8, 4) is 0 Å². The Labute approximate surface area is 141 Å². The minimum atomic E-state index is -0.479. The normalized spacial score (nSPS) is 18.0. The number of hydrogen-bond donors (Lipinski definition) is 0. The molecular formula is C15H21Cl2NZr. The predicted molar refractivity (Wildman–Crippen MR) is 70.4 cm³/mol. The van der Waals surface area contributed by atoms with Crippen LogP contribution in [0, 0.1) is 0 Å². The van der Waals surface area contributed by atoms with Crippen LogP contribution in [0.15, 0.2) is 42.5 Å². The van der Waals surface area contributed by atoms with E-state index in [1.54, 1.807) is 12.1 Å². The molecule has 0 spiro atoms. The van der Waals surface area contributed by atoms with Crippen LogP contribution >= 0.6 is 0 Å². The molecule has 0 fully saturated rings. The Morgan fingerprint density at radius 2 is 1.95 bits per heavy atom. The van der Waals surface area contributed by atoms with Gasteiger partial charge >= 0.3 is 117 Å². The third-order valence-corrected chi connectivity index (χ3v) is 7.07. The van der Waals surface area contributed by atoms with Gasteiger partial charge in [0.1, 0.15) is 0 Å². The molecule has 0 aromatic carbocycles. The molecule has 0 aromatic rings. The van der Waals surface area contributed by atoms with E-state index in [1.165, 1.54) is 19.3 Å². The topological polar surface area (TPSA) is 3.24 Å². The first-order valence-electron chi connectivity index (χ1n) is 6.41. The van der Waals surface area contributed by atoms with Crippen LogP contribution in [0.4, 0.5) is 0 Å². The number of hydrogen-bond acceptors (Lipinski definition) is 1. The molecule has 2 aliphatic carbocycles. The van der Waals surface area contributed by atoms with Crippen LogP contribution in [0.1, 0.15) is 26.2 Å². The number of halogens is 2. The van der Waals surface area contributed by atoms with Gasteiger partial charge in [0.05, 0.1) is 0 Å². The zero-order valence-electron chi connectivity index (χ0n) is 11.8. The summed E-state index contributed by atoms with van der Waals surface area (Å²) in [6, 6.07) is 0.625. The van der Waals surface area contributed by atoms with Gasteiger partial charge in [0.25, 0.3) is 0 Å². The molecule has 0 radical (unpaired) electrons. The van der Waals surface area contributed by atoms with Gasteiger partial charge in [-0.1, -0.05) is 0 Å². The molecule has 0 N–H and O–H groups in total. The molecule has 2 aliphatic rings. The van der Waals surface area contributed by atoms with E-state index in [0.717, 1.165) is 0 Å². The summed E-state index contributed by atoms with van der Waals surface area (Å²) in [5.41, 5.74) is 1.64. The molecule has 4 heteroatoms. The Bertz CT molecular complexity index is 408. The minimum absolute atomic E-state index is 0. The monoisotopic (exact) mass is 375 g/mol. The fourth-order valence-corrected chi connectivity index (χ4v) is 6.00. The van der Waals surface area contributed by atoms with Gasteiger partial charge in [-0.15, -0.1) is 0 Å². The third-order valence-electron chi connectivity index (χ3n) is 3.42. The molecule has 0 bridgehead atoms. The van der Waals surface area contributed by atoms with Gasteiger partial charge in [-0.3, -0.25) is 0 Å². The summed E-state index contributed by atoms with van der Waals surface area (Å²) in [6.45, 7) is 2.29. The van der Waals surface area contributed by atoms with E-state index >= 15 is 0 Å². The summed E-state index contributed by atoms with van der Waals surface area (Å²) in [4.78, 5) is 2.37. The van der Waals surface area contributed by atoms with Crippen molar-refractivity contribution < 1.29 is 48.0 Å². The van der Waals surface area contributed by atoms with Crippen molar-refractivity contribution in [1.82, 2.24) is 4.90 Å². The van der Waals surface area contributed by atoms with Crippen LogP contribution in [0.5, 0.6) is 0 Å². The SMILES string of the molecule is CCC(C1=[C]([Zr+2][C]2=CC=CC2)CC=C1)N(C)C.[Cl-].[Cl-]. The zero-order chi connectivity index (χ0) is 12.3. The Kier molecular flexibility index (Phi) is 9.53. The van der Waals surface area contributed by atoms with Crippen LogP contribution < -0.4 is 24.8 Å². The first-order chi connectivity index (χ1) is 8.22. The second kappa shape index (κ2) is 9.34. The van der Waals surface area contributed by atoms with Crippen molar-refractivity contribution in [2.24, 2.45) is 0 Å². The second-order valence-electron chi connectivity index (χ2n) is 4.88. The molecule has 19 heavy (non-hydrogen) atoms. The van der Waals surface area contributed by atoms with E-state index < -0.39 is 23.2 Å². The third kappa shape index (κ3) is 5.01. The van der Waals surface area contributed by atoms with E-state index in [4.69, 9.17) is 0 Å². The summed E-state index contributed by atoms with van der Waals surface area (Å²) >= 11 is -0.479. The van der Waals surface area contributed by atoms with E-state index in [0.29, 0.717) is 6.04 Å². The largest absolute Gasteiger partial charge is 1.00 e. The maximum Gasteiger partial charge on any atom is -1.00 e. The van der Waals surface area contributed by atoms with Gasteiger partial charge in [0.15, 0.2) is 0 Å². The van der Waals surface area contributed by atoms with Gasteiger partial charge < -0.3 is 24.8 Å². The smallest absolute Gasteiger partial charge is 1.00 e. The quantitative estimate of drug-likeness (QED) is 0.511. The average Bonchev–Trinajstić information content (AvgIpc) is 2.92. The Balaban J connectivity index is 0.00000162. The van der Waals surface area contributed by atoms with Gasteiger partial charge in [0.2, 0.25) is 0 Å². The fourth-order valence-electron chi connectivity index (χ4n) is 2.55. The van der Waals surface area contributed by atoms with Gasteiger partial charge in [-0.05, 0) is 0 Å². The van der Waals surface area contributed by atoms with E-state index in [9.17, 15) is 0 Å². The summed E-state index contributed by atoms with van der Waals surface area (Å²) in [5.74, 6) is 0. The Morgan fingerprint density at radius 1 is 1.21 bits per heavy atom. The van der Waals surface area contributed by atoms with E-state index in [1.807, 2.05) is 0 Å². The summed E-state index contributed by atoms with van der Waals surface area (Å²) in [5, 5.41) is 0. The van der Waals surface area contributed by atoms with Crippen LogP contribution in [0.25, 0.3) is 0 Å². The summed E-state index contributed by atoms with van der Waals surface area (Å²) in [7, 11) is 4.40. The maximum absolute atomic E-state index is 2.38. The van der Waals surface area contributed by atoms with Crippen LogP contribution in [0.2, 0.25) is 0 Å². The first kappa shape index (κ1) is 19.4.